The molecule has 1 aliphatic heterocycles. The van der Waals surface area contributed by atoms with Crippen molar-refractivity contribution in [3.05, 3.63) is 71.8 Å². The van der Waals surface area contributed by atoms with Crippen molar-refractivity contribution >= 4 is 28.9 Å². The number of carbonyl (C=O) groups is 2. The van der Waals surface area contributed by atoms with Crippen LogP contribution >= 0.6 is 0 Å². The van der Waals surface area contributed by atoms with Crippen LogP contribution in [0.25, 0.3) is 11.1 Å². The van der Waals surface area contributed by atoms with Crippen molar-refractivity contribution in [2.45, 2.75) is 0 Å². The van der Waals surface area contributed by atoms with Crippen molar-refractivity contribution in [2.75, 3.05) is 10.6 Å². The molecular weight excluding hydrogens is 337 g/mol. The second kappa shape index (κ2) is 5.96. The van der Waals surface area contributed by atoms with Crippen LogP contribution < -0.4 is 10.6 Å². The summed E-state index contributed by atoms with van der Waals surface area (Å²) in [6, 6.07) is 12.5. The standard InChI is InChI=1S/C19H12FN3O3/c20-17-9-11(5-6-21-17)10-1-3-13-15(7-10)22-14-4-2-12(19(25)26)8-16(14)23-18(13)24/h1-9,22H,(H,23,24)(H,25,26). The van der Waals surface area contributed by atoms with Gasteiger partial charge in [-0.1, -0.05) is 6.07 Å². The van der Waals surface area contributed by atoms with Crippen LogP contribution in [0.4, 0.5) is 21.5 Å². The highest BCUT2D eigenvalue weighted by Crippen LogP contribution is 2.35. The summed E-state index contributed by atoms with van der Waals surface area (Å²) in [4.78, 5) is 27.2. The average Bonchev–Trinajstić information content (AvgIpc) is 2.76. The molecule has 0 aliphatic carbocycles. The molecule has 2 heterocycles. The molecule has 0 unspecified atom stereocenters. The minimum Gasteiger partial charge on any atom is -0.478 e. The van der Waals surface area contributed by atoms with Gasteiger partial charge < -0.3 is 15.7 Å². The van der Waals surface area contributed by atoms with Gasteiger partial charge in [0.25, 0.3) is 5.91 Å². The Kier molecular flexibility index (Phi) is 3.62. The molecule has 2 aromatic carbocycles. The highest BCUT2D eigenvalue weighted by molar-refractivity contribution is 6.13. The molecule has 1 aliphatic rings. The Morgan fingerprint density at radius 1 is 0.923 bits per heavy atom. The normalized spacial score (nSPS) is 12.3. The number of carboxylic acids is 1. The molecule has 0 saturated heterocycles. The van der Waals surface area contributed by atoms with Gasteiger partial charge in [-0.3, -0.25) is 4.79 Å². The van der Waals surface area contributed by atoms with Gasteiger partial charge in [0.05, 0.1) is 28.2 Å². The Morgan fingerprint density at radius 3 is 2.50 bits per heavy atom. The Labute approximate surface area is 147 Å². The van der Waals surface area contributed by atoms with Crippen LogP contribution in [-0.2, 0) is 0 Å². The number of benzene rings is 2. The van der Waals surface area contributed by atoms with Crippen LogP contribution in [0.5, 0.6) is 0 Å². The molecule has 3 N–H and O–H groups in total. The van der Waals surface area contributed by atoms with E-state index in [1.165, 1.54) is 24.4 Å². The lowest BCUT2D eigenvalue weighted by Crippen LogP contribution is -2.11. The highest BCUT2D eigenvalue weighted by atomic mass is 19.1. The van der Waals surface area contributed by atoms with Gasteiger partial charge in [-0.2, -0.15) is 4.39 Å². The van der Waals surface area contributed by atoms with Gasteiger partial charge in [0.15, 0.2) is 0 Å². The van der Waals surface area contributed by atoms with Crippen LogP contribution in [0.3, 0.4) is 0 Å². The minimum absolute atomic E-state index is 0.0738. The fourth-order valence-corrected chi connectivity index (χ4v) is 2.83. The van der Waals surface area contributed by atoms with E-state index in [1.807, 2.05) is 0 Å². The van der Waals surface area contributed by atoms with Crippen molar-refractivity contribution in [1.29, 1.82) is 0 Å². The number of pyridine rings is 1. The summed E-state index contributed by atoms with van der Waals surface area (Å²) in [6.45, 7) is 0. The Bertz CT molecular complexity index is 1070. The van der Waals surface area contributed by atoms with E-state index >= 15 is 0 Å². The SMILES string of the molecule is O=C(O)c1ccc2c(c1)NC(=O)c1ccc(-c3ccnc(F)c3)cc1N2. The summed E-state index contributed by atoms with van der Waals surface area (Å²) in [6.07, 6.45) is 1.37. The van der Waals surface area contributed by atoms with Crippen molar-refractivity contribution < 1.29 is 19.1 Å². The first-order valence-electron chi connectivity index (χ1n) is 7.73. The molecule has 4 rings (SSSR count). The number of fused-ring (bicyclic) bond motifs is 2. The first-order valence-corrected chi connectivity index (χ1v) is 7.73. The summed E-state index contributed by atoms with van der Waals surface area (Å²) in [7, 11) is 0. The van der Waals surface area contributed by atoms with Crippen molar-refractivity contribution in [3.63, 3.8) is 0 Å². The van der Waals surface area contributed by atoms with Gasteiger partial charge in [-0.05, 0) is 47.5 Å². The number of aromatic nitrogens is 1. The Hall–Kier alpha value is -3.74. The van der Waals surface area contributed by atoms with Gasteiger partial charge in [0.2, 0.25) is 5.95 Å². The first kappa shape index (κ1) is 15.8. The lowest BCUT2D eigenvalue weighted by molar-refractivity contribution is 0.0696. The predicted octanol–water partition coefficient (Wildman–Crippen LogP) is 3.90. The number of rotatable bonds is 2. The molecule has 26 heavy (non-hydrogen) atoms. The fourth-order valence-electron chi connectivity index (χ4n) is 2.83. The maximum atomic E-state index is 13.4. The number of hydrogen-bond acceptors (Lipinski definition) is 4. The summed E-state index contributed by atoms with van der Waals surface area (Å²) >= 11 is 0. The zero-order chi connectivity index (χ0) is 18.3. The number of hydrogen-bond donors (Lipinski definition) is 3. The average molecular weight is 349 g/mol. The molecule has 0 fully saturated rings. The second-order valence-corrected chi connectivity index (χ2v) is 5.77. The third-order valence-electron chi connectivity index (χ3n) is 4.11. The van der Waals surface area contributed by atoms with Crippen molar-refractivity contribution in [1.82, 2.24) is 4.98 Å². The third-order valence-corrected chi connectivity index (χ3v) is 4.11. The molecule has 128 valence electrons. The fraction of sp³-hybridized carbons (Fsp3) is 0. The van der Waals surface area contributed by atoms with E-state index in [0.29, 0.717) is 28.2 Å². The maximum Gasteiger partial charge on any atom is 0.335 e. The van der Waals surface area contributed by atoms with Gasteiger partial charge in [-0.15, -0.1) is 0 Å². The molecule has 1 amide bonds. The quantitative estimate of drug-likeness (QED) is 0.611. The maximum absolute atomic E-state index is 13.4. The lowest BCUT2D eigenvalue weighted by Gasteiger charge is -2.11. The van der Waals surface area contributed by atoms with E-state index in [-0.39, 0.29) is 11.5 Å². The van der Waals surface area contributed by atoms with Crippen molar-refractivity contribution in [2.24, 2.45) is 0 Å². The topological polar surface area (TPSA) is 91.3 Å². The monoisotopic (exact) mass is 349 g/mol. The number of nitrogens with zero attached hydrogens (tertiary/aromatic N) is 1. The van der Waals surface area contributed by atoms with Crippen LogP contribution in [0.2, 0.25) is 0 Å². The number of carboxylic acid groups (broad SMARTS) is 1. The predicted molar refractivity (Wildman–Crippen MR) is 94.3 cm³/mol. The largest absolute Gasteiger partial charge is 0.478 e. The zero-order valence-corrected chi connectivity index (χ0v) is 13.3. The van der Waals surface area contributed by atoms with Gasteiger partial charge in [-0.25, -0.2) is 9.78 Å². The number of aromatic carboxylic acids is 1. The second-order valence-electron chi connectivity index (χ2n) is 5.77. The number of nitrogens with one attached hydrogen (secondary N) is 2. The molecule has 7 heteroatoms. The number of amides is 1. The minimum atomic E-state index is -1.08. The highest BCUT2D eigenvalue weighted by Gasteiger charge is 2.20. The van der Waals surface area contributed by atoms with Gasteiger partial charge >= 0.3 is 5.97 Å². The molecule has 1 aromatic heterocycles. The van der Waals surface area contributed by atoms with E-state index in [0.717, 1.165) is 5.56 Å². The van der Waals surface area contributed by atoms with E-state index in [1.54, 1.807) is 30.3 Å². The summed E-state index contributed by atoms with van der Waals surface area (Å²) in [5, 5.41) is 15.0. The molecule has 3 aromatic rings. The molecule has 0 bridgehead atoms. The molecule has 0 atom stereocenters. The van der Waals surface area contributed by atoms with Crippen molar-refractivity contribution in [3.8, 4) is 11.1 Å². The molecule has 6 nitrogen and oxygen atoms in total. The smallest absolute Gasteiger partial charge is 0.335 e. The first-order chi connectivity index (χ1) is 12.5. The summed E-state index contributed by atoms with van der Waals surface area (Å²) < 4.78 is 13.4. The van der Waals surface area contributed by atoms with Gasteiger partial charge in [0.1, 0.15) is 0 Å². The van der Waals surface area contributed by atoms with Crippen LogP contribution in [0.15, 0.2) is 54.7 Å². The van der Waals surface area contributed by atoms with E-state index in [9.17, 15) is 14.0 Å². The van der Waals surface area contributed by atoms with E-state index in [4.69, 9.17) is 5.11 Å². The summed E-state index contributed by atoms with van der Waals surface area (Å²) in [5.41, 5.74) is 3.31. The van der Waals surface area contributed by atoms with Crippen LogP contribution in [0.1, 0.15) is 20.7 Å². The lowest BCUT2D eigenvalue weighted by atomic mass is 10.0. The third kappa shape index (κ3) is 2.75. The van der Waals surface area contributed by atoms with E-state index < -0.39 is 11.9 Å². The molecule has 0 radical (unpaired) electrons. The molecular formula is C19H12FN3O3. The van der Waals surface area contributed by atoms with Crippen LogP contribution in [-0.4, -0.2) is 22.0 Å². The Balaban J connectivity index is 1.79. The number of anilines is 3. The number of carbonyl (C=O) groups excluding carboxylic acids is 1. The zero-order valence-electron chi connectivity index (χ0n) is 13.3. The Morgan fingerprint density at radius 2 is 1.73 bits per heavy atom. The van der Waals surface area contributed by atoms with Crippen LogP contribution in [0, 0.1) is 5.95 Å². The molecule has 0 spiro atoms. The molecule has 0 saturated carbocycles. The van der Waals surface area contributed by atoms with E-state index in [2.05, 4.69) is 15.6 Å². The number of halogens is 1. The van der Waals surface area contributed by atoms with Gasteiger partial charge in [0, 0.05) is 12.3 Å². The summed E-state index contributed by atoms with van der Waals surface area (Å²) in [5.74, 6) is -2.03.